The molecule has 5 nitrogen and oxygen atoms in total. The first-order valence-electron chi connectivity index (χ1n) is 5.68. The first kappa shape index (κ1) is 14.0. The van der Waals surface area contributed by atoms with Gasteiger partial charge in [0.1, 0.15) is 6.61 Å². The van der Waals surface area contributed by atoms with E-state index in [0.717, 1.165) is 5.56 Å². The van der Waals surface area contributed by atoms with Crippen molar-refractivity contribution in [2.45, 2.75) is 26.5 Å². The van der Waals surface area contributed by atoms with E-state index in [4.69, 9.17) is 4.74 Å². The standard InChI is InChI=1S/C13H17NO4/c1-9(2)11(12(15)16)14-13(17)18-8-10-6-4-3-5-7-10/h3-7,9,11H,8H2,1-2H3,(H,14,17)(H,15,16)/p-1/t11-/m1/s1. The van der Waals surface area contributed by atoms with E-state index >= 15 is 0 Å². The highest BCUT2D eigenvalue weighted by atomic mass is 16.5. The lowest BCUT2D eigenvalue weighted by Gasteiger charge is -2.22. The summed E-state index contributed by atoms with van der Waals surface area (Å²) in [7, 11) is 0. The van der Waals surface area contributed by atoms with Crippen molar-refractivity contribution in [1.29, 1.82) is 0 Å². The molecule has 18 heavy (non-hydrogen) atoms. The third-order valence-corrected chi connectivity index (χ3v) is 2.41. The number of alkyl carbamates (subject to hydrolysis) is 1. The highest BCUT2D eigenvalue weighted by Crippen LogP contribution is 2.03. The van der Waals surface area contributed by atoms with E-state index in [2.05, 4.69) is 5.32 Å². The van der Waals surface area contributed by atoms with Gasteiger partial charge in [-0.25, -0.2) is 4.79 Å². The zero-order valence-corrected chi connectivity index (χ0v) is 10.4. The fourth-order valence-electron chi connectivity index (χ4n) is 1.39. The van der Waals surface area contributed by atoms with Gasteiger partial charge in [0, 0.05) is 0 Å². The SMILES string of the molecule is CC(C)[C@@H](NC(=O)OCc1ccccc1)C(=O)[O-]. The minimum absolute atomic E-state index is 0.102. The van der Waals surface area contributed by atoms with Crippen molar-refractivity contribution in [3.05, 3.63) is 35.9 Å². The Bertz CT molecular complexity index is 403. The highest BCUT2D eigenvalue weighted by Gasteiger charge is 2.17. The first-order valence-corrected chi connectivity index (χ1v) is 5.68. The molecule has 0 spiro atoms. The Morgan fingerprint density at radius 1 is 1.28 bits per heavy atom. The second kappa shape index (κ2) is 6.64. The molecule has 0 saturated heterocycles. The first-order chi connectivity index (χ1) is 8.50. The maximum Gasteiger partial charge on any atom is 0.408 e. The van der Waals surface area contributed by atoms with Gasteiger partial charge in [-0.15, -0.1) is 0 Å². The predicted octanol–water partition coefficient (Wildman–Crippen LogP) is 0.687. The van der Waals surface area contributed by atoms with Crippen molar-refractivity contribution >= 4 is 12.1 Å². The maximum atomic E-state index is 11.4. The molecule has 0 aromatic heterocycles. The molecule has 1 N–H and O–H groups in total. The predicted molar refractivity (Wildman–Crippen MR) is 63.4 cm³/mol. The van der Waals surface area contributed by atoms with Crippen LogP contribution in [0.5, 0.6) is 0 Å². The number of carboxylic acid groups (broad SMARTS) is 1. The van der Waals surface area contributed by atoms with Gasteiger partial charge in [-0.2, -0.15) is 0 Å². The van der Waals surface area contributed by atoms with Crippen LogP contribution in [0.2, 0.25) is 0 Å². The second-order valence-corrected chi connectivity index (χ2v) is 4.25. The van der Waals surface area contributed by atoms with Gasteiger partial charge in [0.25, 0.3) is 0 Å². The van der Waals surface area contributed by atoms with E-state index in [1.54, 1.807) is 13.8 Å². The number of nitrogens with one attached hydrogen (secondary N) is 1. The summed E-state index contributed by atoms with van der Waals surface area (Å²) in [5.41, 5.74) is 0.835. The van der Waals surface area contributed by atoms with Crippen LogP contribution in [0.15, 0.2) is 30.3 Å². The smallest absolute Gasteiger partial charge is 0.408 e. The third-order valence-electron chi connectivity index (χ3n) is 2.41. The third kappa shape index (κ3) is 4.45. The van der Waals surface area contributed by atoms with Gasteiger partial charge in [0.15, 0.2) is 0 Å². The molecule has 1 aromatic carbocycles. The van der Waals surface area contributed by atoms with E-state index in [1.165, 1.54) is 0 Å². The average molecular weight is 250 g/mol. The molecule has 0 radical (unpaired) electrons. The zero-order chi connectivity index (χ0) is 13.5. The summed E-state index contributed by atoms with van der Waals surface area (Å²) in [5, 5.41) is 13.0. The number of carboxylic acids is 1. The minimum Gasteiger partial charge on any atom is -0.548 e. The molecule has 0 bridgehead atoms. The number of benzene rings is 1. The molecule has 0 aliphatic carbocycles. The second-order valence-electron chi connectivity index (χ2n) is 4.25. The molecule has 0 heterocycles. The van der Waals surface area contributed by atoms with Gasteiger partial charge in [0.2, 0.25) is 0 Å². The lowest BCUT2D eigenvalue weighted by atomic mass is 10.1. The van der Waals surface area contributed by atoms with Crippen LogP contribution in [0.25, 0.3) is 0 Å². The van der Waals surface area contributed by atoms with E-state index in [-0.39, 0.29) is 12.5 Å². The van der Waals surface area contributed by atoms with Crippen LogP contribution >= 0.6 is 0 Å². The van der Waals surface area contributed by atoms with Crippen LogP contribution in [0, 0.1) is 5.92 Å². The summed E-state index contributed by atoms with van der Waals surface area (Å²) in [6, 6.07) is 8.09. The minimum atomic E-state index is -1.32. The number of hydrogen-bond acceptors (Lipinski definition) is 4. The zero-order valence-electron chi connectivity index (χ0n) is 10.4. The van der Waals surface area contributed by atoms with Gasteiger partial charge in [-0.3, -0.25) is 0 Å². The number of carbonyl (C=O) groups is 2. The molecular formula is C13H16NO4-. The summed E-state index contributed by atoms with van der Waals surface area (Å²) in [4.78, 5) is 22.2. The van der Waals surface area contributed by atoms with Gasteiger partial charge in [0.05, 0.1) is 12.0 Å². The Morgan fingerprint density at radius 3 is 2.39 bits per heavy atom. The van der Waals surface area contributed by atoms with E-state index in [0.29, 0.717) is 0 Å². The molecule has 0 fully saturated rings. The molecule has 0 saturated carbocycles. The molecule has 0 unspecified atom stereocenters. The molecule has 0 aliphatic rings. The number of rotatable bonds is 5. The van der Waals surface area contributed by atoms with Crippen molar-refractivity contribution in [2.75, 3.05) is 0 Å². The van der Waals surface area contributed by atoms with Crippen molar-refractivity contribution in [3.63, 3.8) is 0 Å². The van der Waals surface area contributed by atoms with Crippen LogP contribution in [-0.4, -0.2) is 18.1 Å². The summed E-state index contributed by atoms with van der Waals surface area (Å²) in [6.07, 6.45) is -0.762. The molecule has 1 atom stereocenters. The summed E-state index contributed by atoms with van der Waals surface area (Å²) < 4.78 is 4.92. The van der Waals surface area contributed by atoms with Crippen LogP contribution in [0.3, 0.4) is 0 Å². The molecule has 1 aromatic rings. The molecule has 0 aliphatic heterocycles. The number of ether oxygens (including phenoxy) is 1. The van der Waals surface area contributed by atoms with Gasteiger partial charge < -0.3 is 20.0 Å². The molecular weight excluding hydrogens is 234 g/mol. The Balaban J connectivity index is 2.44. The van der Waals surface area contributed by atoms with Crippen LogP contribution in [0.1, 0.15) is 19.4 Å². The van der Waals surface area contributed by atoms with E-state index in [9.17, 15) is 14.7 Å². The summed E-state index contributed by atoms with van der Waals surface area (Å²) in [5.74, 6) is -1.58. The topological polar surface area (TPSA) is 78.5 Å². The quantitative estimate of drug-likeness (QED) is 0.833. The van der Waals surface area contributed by atoms with Crippen molar-refractivity contribution in [3.8, 4) is 0 Å². The molecule has 98 valence electrons. The Morgan fingerprint density at radius 2 is 1.89 bits per heavy atom. The lowest BCUT2D eigenvalue weighted by Crippen LogP contribution is -2.50. The number of aliphatic carboxylic acids is 1. The molecule has 1 rings (SSSR count). The number of amides is 1. The van der Waals surface area contributed by atoms with Crippen molar-refractivity contribution in [2.24, 2.45) is 5.92 Å². The van der Waals surface area contributed by atoms with Gasteiger partial charge in [-0.1, -0.05) is 44.2 Å². The highest BCUT2D eigenvalue weighted by molar-refractivity contribution is 5.78. The Hall–Kier alpha value is -2.04. The number of carbonyl (C=O) groups excluding carboxylic acids is 2. The lowest BCUT2D eigenvalue weighted by molar-refractivity contribution is -0.309. The van der Waals surface area contributed by atoms with Gasteiger partial charge >= 0.3 is 6.09 Å². The molecule has 1 amide bonds. The fourth-order valence-corrected chi connectivity index (χ4v) is 1.39. The van der Waals surface area contributed by atoms with Crippen LogP contribution in [-0.2, 0) is 16.1 Å². The largest absolute Gasteiger partial charge is 0.548 e. The average Bonchev–Trinajstić information content (AvgIpc) is 2.34. The van der Waals surface area contributed by atoms with E-state index < -0.39 is 18.1 Å². The van der Waals surface area contributed by atoms with Crippen LogP contribution < -0.4 is 10.4 Å². The monoisotopic (exact) mass is 250 g/mol. The summed E-state index contributed by atoms with van der Waals surface area (Å²) in [6.45, 7) is 3.46. The fraction of sp³-hybridized carbons (Fsp3) is 0.385. The van der Waals surface area contributed by atoms with Crippen LogP contribution in [0.4, 0.5) is 4.79 Å². The number of hydrogen-bond donors (Lipinski definition) is 1. The van der Waals surface area contributed by atoms with E-state index in [1.807, 2.05) is 30.3 Å². The maximum absolute atomic E-state index is 11.4. The van der Waals surface area contributed by atoms with Gasteiger partial charge in [-0.05, 0) is 11.5 Å². The normalized spacial score (nSPS) is 11.9. The Labute approximate surface area is 106 Å². The van der Waals surface area contributed by atoms with Crippen molar-refractivity contribution in [1.82, 2.24) is 5.32 Å². The van der Waals surface area contributed by atoms with Crippen molar-refractivity contribution < 1.29 is 19.4 Å². The molecule has 5 heteroatoms. The Kier molecular flexibility index (Phi) is 5.17. The summed E-state index contributed by atoms with van der Waals surface area (Å²) >= 11 is 0.